The molecule has 4 rings (SSSR count). The lowest BCUT2D eigenvalue weighted by Gasteiger charge is -2.06. The van der Waals surface area contributed by atoms with E-state index in [1.54, 1.807) is 35.1 Å². The molecule has 1 amide bonds. The second-order valence-electron chi connectivity index (χ2n) is 6.65. The number of esters is 1. The molecule has 7 heteroatoms. The summed E-state index contributed by atoms with van der Waals surface area (Å²) in [7, 11) is 0. The highest BCUT2D eigenvalue weighted by molar-refractivity contribution is 7.13. The predicted octanol–water partition coefficient (Wildman–Crippen LogP) is 4.84. The van der Waals surface area contributed by atoms with Gasteiger partial charge in [-0.25, -0.2) is 4.79 Å². The molecule has 0 fully saturated rings. The molecule has 2 aromatic carbocycles. The molecule has 150 valence electrons. The van der Waals surface area contributed by atoms with Crippen molar-refractivity contribution in [2.24, 2.45) is 0 Å². The third-order valence-electron chi connectivity index (χ3n) is 4.31. The maximum absolute atomic E-state index is 12.9. The Bertz CT molecular complexity index is 1150. The Hall–Kier alpha value is -3.71. The second-order valence-corrected chi connectivity index (χ2v) is 7.59. The maximum atomic E-state index is 12.9. The van der Waals surface area contributed by atoms with Crippen LogP contribution in [0.4, 0.5) is 5.69 Å². The number of anilines is 1. The zero-order valence-electron chi connectivity index (χ0n) is 16.2. The lowest BCUT2D eigenvalue weighted by atomic mass is 10.2. The van der Waals surface area contributed by atoms with Gasteiger partial charge in [0, 0.05) is 18.8 Å². The molecule has 6 nitrogen and oxygen atoms in total. The molecular formula is C23H19N3O3S. The number of carbonyl (C=O) groups is 2. The van der Waals surface area contributed by atoms with Crippen LogP contribution < -0.4 is 10.1 Å². The summed E-state index contributed by atoms with van der Waals surface area (Å²) in [5.74, 6) is -0.252. The Morgan fingerprint density at radius 1 is 1.03 bits per heavy atom. The van der Waals surface area contributed by atoms with Crippen LogP contribution in [-0.4, -0.2) is 21.7 Å². The zero-order chi connectivity index (χ0) is 20.9. The fourth-order valence-corrected chi connectivity index (χ4v) is 3.71. The van der Waals surface area contributed by atoms with Crippen LogP contribution >= 0.6 is 11.3 Å². The molecule has 2 heterocycles. The van der Waals surface area contributed by atoms with Crippen molar-refractivity contribution in [3.05, 3.63) is 89.4 Å². The SMILES string of the molecule is CC(=O)Nc1ccc(OC(=O)c2cn(Cc3ccccc3)nc2-c2cccs2)cc1. The van der Waals surface area contributed by atoms with Gasteiger partial charge < -0.3 is 10.1 Å². The van der Waals surface area contributed by atoms with Crippen LogP contribution in [0, 0.1) is 0 Å². The summed E-state index contributed by atoms with van der Waals surface area (Å²) in [6.45, 7) is 1.99. The number of hydrogen-bond donors (Lipinski definition) is 1. The van der Waals surface area contributed by atoms with E-state index in [0.29, 0.717) is 29.2 Å². The fourth-order valence-electron chi connectivity index (χ4n) is 2.99. The second kappa shape index (κ2) is 8.75. The molecule has 0 spiro atoms. The highest BCUT2D eigenvalue weighted by Crippen LogP contribution is 2.28. The highest BCUT2D eigenvalue weighted by atomic mass is 32.1. The maximum Gasteiger partial charge on any atom is 0.347 e. The molecule has 4 aromatic rings. The van der Waals surface area contributed by atoms with Crippen molar-refractivity contribution in [2.75, 3.05) is 5.32 Å². The standard InChI is InChI=1S/C23H19N3O3S/c1-16(27)24-18-9-11-19(12-10-18)29-23(28)20-15-26(14-17-6-3-2-4-7-17)25-22(20)21-8-5-13-30-21/h2-13,15H,14H2,1H3,(H,24,27). The average Bonchev–Trinajstić information content (AvgIpc) is 3.40. The minimum Gasteiger partial charge on any atom is -0.423 e. The van der Waals surface area contributed by atoms with E-state index in [1.165, 1.54) is 18.3 Å². The Balaban J connectivity index is 1.58. The van der Waals surface area contributed by atoms with Gasteiger partial charge in [0.15, 0.2) is 0 Å². The summed E-state index contributed by atoms with van der Waals surface area (Å²) in [5.41, 5.74) is 2.73. The van der Waals surface area contributed by atoms with E-state index in [2.05, 4.69) is 10.4 Å². The highest BCUT2D eigenvalue weighted by Gasteiger charge is 2.21. The quantitative estimate of drug-likeness (QED) is 0.360. The zero-order valence-corrected chi connectivity index (χ0v) is 17.1. The lowest BCUT2D eigenvalue weighted by Crippen LogP contribution is -2.09. The monoisotopic (exact) mass is 417 g/mol. The lowest BCUT2D eigenvalue weighted by molar-refractivity contribution is -0.114. The van der Waals surface area contributed by atoms with Crippen molar-refractivity contribution in [3.63, 3.8) is 0 Å². The topological polar surface area (TPSA) is 73.2 Å². The van der Waals surface area contributed by atoms with Gasteiger partial charge in [0.25, 0.3) is 0 Å². The van der Waals surface area contributed by atoms with E-state index in [9.17, 15) is 9.59 Å². The fraction of sp³-hybridized carbons (Fsp3) is 0.0870. The first-order valence-corrected chi connectivity index (χ1v) is 10.2. The first-order valence-electron chi connectivity index (χ1n) is 9.33. The summed E-state index contributed by atoms with van der Waals surface area (Å²) in [4.78, 5) is 25.0. The Morgan fingerprint density at radius 2 is 1.80 bits per heavy atom. The van der Waals surface area contributed by atoms with Crippen molar-refractivity contribution in [1.29, 1.82) is 0 Å². The number of ether oxygens (including phenoxy) is 1. The van der Waals surface area contributed by atoms with Crippen LogP contribution in [0.15, 0.2) is 78.3 Å². The Morgan fingerprint density at radius 3 is 2.47 bits per heavy atom. The van der Waals surface area contributed by atoms with Gasteiger partial charge in [-0.2, -0.15) is 5.10 Å². The number of nitrogens with zero attached hydrogens (tertiary/aromatic N) is 2. The third kappa shape index (κ3) is 4.64. The molecule has 0 unspecified atom stereocenters. The van der Waals surface area contributed by atoms with E-state index in [4.69, 9.17) is 4.74 Å². The van der Waals surface area contributed by atoms with E-state index >= 15 is 0 Å². The van der Waals surface area contributed by atoms with Gasteiger partial charge in [0.2, 0.25) is 5.91 Å². The van der Waals surface area contributed by atoms with E-state index in [1.807, 2.05) is 47.8 Å². The average molecular weight is 417 g/mol. The van der Waals surface area contributed by atoms with Crippen molar-refractivity contribution in [1.82, 2.24) is 9.78 Å². The van der Waals surface area contributed by atoms with Gasteiger partial charge in [-0.15, -0.1) is 11.3 Å². The number of nitrogens with one attached hydrogen (secondary N) is 1. The number of carbonyl (C=O) groups excluding carboxylic acids is 2. The van der Waals surface area contributed by atoms with Gasteiger partial charge in [-0.3, -0.25) is 9.48 Å². The van der Waals surface area contributed by atoms with Crippen molar-refractivity contribution in [2.45, 2.75) is 13.5 Å². The summed E-state index contributed by atoms with van der Waals surface area (Å²) in [6.07, 6.45) is 1.72. The van der Waals surface area contributed by atoms with Crippen LogP contribution in [0.5, 0.6) is 5.75 Å². The molecule has 0 bridgehead atoms. The normalized spacial score (nSPS) is 10.6. The first-order chi connectivity index (χ1) is 14.6. The van der Waals surface area contributed by atoms with E-state index in [-0.39, 0.29) is 5.91 Å². The minimum absolute atomic E-state index is 0.161. The van der Waals surface area contributed by atoms with Crippen LogP contribution in [0.2, 0.25) is 0 Å². The molecule has 0 aliphatic rings. The third-order valence-corrected chi connectivity index (χ3v) is 5.19. The van der Waals surface area contributed by atoms with Gasteiger partial charge in [-0.1, -0.05) is 36.4 Å². The summed E-state index contributed by atoms with van der Waals surface area (Å²) < 4.78 is 7.31. The number of aromatic nitrogens is 2. The van der Waals surface area contributed by atoms with Crippen LogP contribution in [-0.2, 0) is 11.3 Å². The minimum atomic E-state index is -0.481. The number of rotatable bonds is 6. The molecule has 2 aromatic heterocycles. The number of hydrogen-bond acceptors (Lipinski definition) is 5. The smallest absolute Gasteiger partial charge is 0.347 e. The molecule has 0 atom stereocenters. The number of benzene rings is 2. The summed E-state index contributed by atoms with van der Waals surface area (Å²) >= 11 is 1.52. The first kappa shape index (κ1) is 19.6. The van der Waals surface area contributed by atoms with Crippen LogP contribution in [0.25, 0.3) is 10.6 Å². The van der Waals surface area contributed by atoms with Gasteiger partial charge in [0.1, 0.15) is 17.0 Å². The van der Waals surface area contributed by atoms with E-state index < -0.39 is 5.97 Å². The van der Waals surface area contributed by atoms with Crippen molar-refractivity contribution in [3.8, 4) is 16.3 Å². The summed E-state index contributed by atoms with van der Waals surface area (Å²) in [6, 6.07) is 20.4. The molecule has 0 radical (unpaired) electrons. The molecule has 30 heavy (non-hydrogen) atoms. The summed E-state index contributed by atoms with van der Waals surface area (Å²) in [5, 5.41) is 9.26. The molecule has 1 N–H and O–H groups in total. The van der Waals surface area contributed by atoms with Crippen molar-refractivity contribution < 1.29 is 14.3 Å². The predicted molar refractivity (Wildman–Crippen MR) is 117 cm³/mol. The largest absolute Gasteiger partial charge is 0.423 e. The molecular weight excluding hydrogens is 398 g/mol. The molecule has 0 aliphatic carbocycles. The molecule has 0 saturated carbocycles. The van der Waals surface area contributed by atoms with Gasteiger partial charge in [-0.05, 0) is 41.3 Å². The number of thiophene rings is 1. The van der Waals surface area contributed by atoms with E-state index in [0.717, 1.165) is 10.4 Å². The Labute approximate surface area is 177 Å². The van der Waals surface area contributed by atoms with Crippen LogP contribution in [0.1, 0.15) is 22.8 Å². The molecule has 0 saturated heterocycles. The number of amides is 1. The van der Waals surface area contributed by atoms with Gasteiger partial charge in [0.05, 0.1) is 11.4 Å². The molecule has 0 aliphatic heterocycles. The van der Waals surface area contributed by atoms with Crippen molar-refractivity contribution >= 4 is 28.9 Å². The van der Waals surface area contributed by atoms with Gasteiger partial charge >= 0.3 is 5.97 Å². The van der Waals surface area contributed by atoms with Crippen LogP contribution in [0.3, 0.4) is 0 Å². The Kier molecular flexibility index (Phi) is 5.72.